The van der Waals surface area contributed by atoms with Gasteiger partial charge in [-0.3, -0.25) is 9.59 Å². The number of ketones is 2. The van der Waals surface area contributed by atoms with Crippen LogP contribution >= 0.6 is 23.4 Å². The first-order chi connectivity index (χ1) is 24.6. The van der Waals surface area contributed by atoms with Crippen LogP contribution in [0.25, 0.3) is 14.5 Å². The number of carbonyl (C=O) groups excluding carboxylic acids is 2. The Bertz CT molecular complexity index is 2070. The Morgan fingerprint density at radius 3 is 2.61 bits per heavy atom. The number of rotatable bonds is 8. The first-order valence-corrected chi connectivity index (χ1v) is 18.5. The van der Waals surface area contributed by atoms with E-state index in [4.69, 9.17) is 40.8 Å². The Kier molecular flexibility index (Phi) is 9.23. The molecule has 2 fully saturated rings. The van der Waals surface area contributed by atoms with Crippen LogP contribution in [0.15, 0.2) is 110 Å². The maximum Gasteiger partial charge on any atom is 0.550 e. The van der Waals surface area contributed by atoms with Crippen molar-refractivity contribution in [3.05, 3.63) is 139 Å². The number of thioether (sulfide) groups is 1. The fraction of sp³-hybridized carbons (Fsp3) is 0.390. The Balaban J connectivity index is 1.13. The number of nitrogens with zero attached hydrogens (tertiary/aromatic N) is 4. The Morgan fingerprint density at radius 2 is 1.88 bits per heavy atom. The Morgan fingerprint density at radius 1 is 1.10 bits per heavy atom. The maximum atomic E-state index is 13.5. The summed E-state index contributed by atoms with van der Waals surface area (Å²) in [6, 6.07) is 8.38. The van der Waals surface area contributed by atoms with E-state index in [1.54, 1.807) is 11.8 Å². The molecule has 0 aromatic heterocycles. The van der Waals surface area contributed by atoms with Crippen LogP contribution in [-0.4, -0.2) is 35.4 Å². The highest BCUT2D eigenvalue weighted by atomic mass is 35.5. The Labute approximate surface area is 308 Å². The molecule has 2 aliphatic carbocycles. The van der Waals surface area contributed by atoms with Gasteiger partial charge in [0.25, 0.3) is 0 Å². The molecule has 2 bridgehead atoms. The fourth-order valence-corrected chi connectivity index (χ4v) is 9.92. The van der Waals surface area contributed by atoms with Crippen molar-refractivity contribution >= 4 is 40.6 Å². The SMILES string of the molecule is [C-]#[N+]C([N+]#[C-])=C1OC(C)(CCCC2C(=O)C3C4C=CC(C)(O4)C3C2=O)C(/C=C/C2=C(Cl)C(=C/C=C3/Sc4ccccc4N3CC)/CCC2)=C1[N+]#[C-]. The van der Waals surface area contributed by atoms with Gasteiger partial charge in [-0.05, 0) is 88.7 Å². The maximum absolute atomic E-state index is 13.5. The molecule has 0 amide bonds. The molecule has 8 nitrogen and oxygen atoms in total. The molecule has 1 aromatic rings. The minimum atomic E-state index is -1.06. The summed E-state index contributed by atoms with van der Waals surface area (Å²) in [6.45, 7) is 29.9. The van der Waals surface area contributed by atoms with Crippen LogP contribution in [0.2, 0.25) is 0 Å². The third-order valence-corrected chi connectivity index (χ3v) is 12.6. The number of ether oxygens (including phenoxy) is 2. The van der Waals surface area contributed by atoms with E-state index in [0.717, 1.165) is 42.0 Å². The van der Waals surface area contributed by atoms with Gasteiger partial charge in [-0.25, -0.2) is 4.85 Å². The number of fused-ring (bicyclic) bond motifs is 6. The molecule has 4 heterocycles. The molecule has 0 radical (unpaired) electrons. The summed E-state index contributed by atoms with van der Waals surface area (Å²) >= 11 is 8.79. The van der Waals surface area contributed by atoms with Crippen LogP contribution in [0, 0.1) is 37.5 Å². The molecule has 1 saturated carbocycles. The minimum Gasteiger partial charge on any atom is -0.499 e. The first-order valence-electron chi connectivity index (χ1n) is 17.3. The molecule has 4 aliphatic heterocycles. The van der Waals surface area contributed by atoms with E-state index in [-0.39, 0.29) is 34.9 Å². The van der Waals surface area contributed by atoms with E-state index in [2.05, 4.69) is 62.8 Å². The number of Topliss-reactive ketones (excluding diaryl/α,β-unsaturated/α-hetero) is 2. The highest BCUT2D eigenvalue weighted by Gasteiger charge is 2.65. The molecular formula is C41H37ClN4O4S. The summed E-state index contributed by atoms with van der Waals surface area (Å²) in [7, 11) is 0. The van der Waals surface area contributed by atoms with Crippen LogP contribution in [0.3, 0.4) is 0 Å². The zero-order valence-electron chi connectivity index (χ0n) is 28.7. The molecule has 1 aromatic carbocycles. The lowest BCUT2D eigenvalue weighted by Gasteiger charge is -2.28. The minimum absolute atomic E-state index is 0.0288. The molecular weight excluding hydrogens is 680 g/mol. The third-order valence-electron chi connectivity index (χ3n) is 11.0. The molecule has 51 heavy (non-hydrogen) atoms. The Hall–Kier alpha value is -4.59. The number of benzene rings is 1. The van der Waals surface area contributed by atoms with Crippen molar-refractivity contribution in [3.63, 3.8) is 0 Å². The largest absolute Gasteiger partial charge is 0.550 e. The number of allylic oxidation sites excluding steroid dienone is 6. The number of carbonyl (C=O) groups is 2. The molecule has 258 valence electrons. The topological polar surface area (TPSA) is 68.9 Å². The van der Waals surface area contributed by atoms with Gasteiger partial charge in [0.15, 0.2) is 0 Å². The molecule has 0 N–H and O–H groups in total. The molecule has 7 rings (SSSR count). The van der Waals surface area contributed by atoms with Gasteiger partial charge in [-0.1, -0.05) is 65.9 Å². The van der Waals surface area contributed by atoms with Crippen LogP contribution < -0.4 is 4.90 Å². The van der Waals surface area contributed by atoms with E-state index < -0.39 is 29.0 Å². The standard InChI is InChI=1S/C41H37ClN4O4S/c1-7-46-28-15-8-9-16-30(28)51-31(46)20-18-25-13-10-12-24(34(25)42)17-19-27-35(43-4)38(39(44-5)45-6)50-40(27,2)22-11-14-26-36(47)32-29-21-23-41(3,49-29)33(32)37(26)48/h8-9,15-21,23,26,29,32-33H,7,10-14,22H2,1-3H3/b19-17+,25-18+,31-20+. The lowest BCUT2D eigenvalue weighted by atomic mass is 9.78. The normalized spacial score (nSPS) is 32.3. The van der Waals surface area contributed by atoms with Gasteiger partial charge in [0.1, 0.15) is 30.3 Å². The third kappa shape index (κ3) is 5.81. The van der Waals surface area contributed by atoms with E-state index in [1.165, 1.54) is 10.6 Å². The lowest BCUT2D eigenvalue weighted by molar-refractivity contribution is -0.132. The predicted octanol–water partition coefficient (Wildman–Crippen LogP) is 9.49. The molecule has 10 heteroatoms. The highest BCUT2D eigenvalue weighted by Crippen LogP contribution is 2.54. The van der Waals surface area contributed by atoms with Gasteiger partial charge >= 0.3 is 5.82 Å². The van der Waals surface area contributed by atoms with Crippen molar-refractivity contribution in [1.82, 2.24) is 0 Å². The lowest BCUT2D eigenvalue weighted by Crippen LogP contribution is -2.35. The van der Waals surface area contributed by atoms with Crippen LogP contribution in [0.5, 0.6) is 0 Å². The second kappa shape index (κ2) is 13.5. The van der Waals surface area contributed by atoms with Gasteiger partial charge in [0.2, 0.25) is 11.5 Å². The van der Waals surface area contributed by atoms with E-state index >= 15 is 0 Å². The molecule has 6 unspecified atom stereocenters. The zero-order chi connectivity index (χ0) is 36.1. The van der Waals surface area contributed by atoms with E-state index in [1.807, 2.05) is 38.2 Å². The zero-order valence-corrected chi connectivity index (χ0v) is 30.3. The smallest absolute Gasteiger partial charge is 0.499 e. The molecule has 6 atom stereocenters. The quantitative estimate of drug-likeness (QED) is 0.152. The first kappa shape index (κ1) is 34.8. The van der Waals surface area contributed by atoms with Gasteiger partial charge in [0, 0.05) is 22.0 Å². The highest BCUT2D eigenvalue weighted by molar-refractivity contribution is 8.03. The summed E-state index contributed by atoms with van der Waals surface area (Å²) < 4.78 is 12.3. The average Bonchev–Trinajstić information content (AvgIpc) is 3.90. The van der Waals surface area contributed by atoms with Crippen molar-refractivity contribution in [2.24, 2.45) is 17.8 Å². The number of hydrogen-bond acceptors (Lipinski definition) is 6. The molecule has 1 saturated heterocycles. The summed E-state index contributed by atoms with van der Waals surface area (Å²) in [5.74, 6) is -2.04. The van der Waals surface area contributed by atoms with Crippen LogP contribution in [-0.2, 0) is 19.1 Å². The van der Waals surface area contributed by atoms with Gasteiger partial charge in [-0.15, -0.1) is 0 Å². The summed E-state index contributed by atoms with van der Waals surface area (Å²) in [5, 5.41) is 1.82. The summed E-state index contributed by atoms with van der Waals surface area (Å²) in [5.41, 5.74) is 2.06. The van der Waals surface area contributed by atoms with E-state index in [9.17, 15) is 9.59 Å². The number of anilines is 1. The number of hydrogen-bond donors (Lipinski definition) is 0. The van der Waals surface area contributed by atoms with Crippen molar-refractivity contribution in [1.29, 1.82) is 0 Å². The van der Waals surface area contributed by atoms with Gasteiger partial charge < -0.3 is 14.4 Å². The second-order valence-corrected chi connectivity index (χ2v) is 15.4. The summed E-state index contributed by atoms with van der Waals surface area (Å²) in [6.07, 6.45) is 15.2. The summed E-state index contributed by atoms with van der Waals surface area (Å²) in [4.78, 5) is 40.9. The van der Waals surface area contributed by atoms with Crippen molar-refractivity contribution < 1.29 is 19.1 Å². The van der Waals surface area contributed by atoms with Crippen LogP contribution in [0.1, 0.15) is 59.3 Å². The molecule has 0 spiro atoms. The van der Waals surface area contributed by atoms with Crippen LogP contribution in [0.4, 0.5) is 5.69 Å². The second-order valence-electron chi connectivity index (χ2n) is 14.0. The van der Waals surface area contributed by atoms with Crippen molar-refractivity contribution in [3.8, 4) is 0 Å². The number of para-hydroxylation sites is 1. The van der Waals surface area contributed by atoms with Crippen molar-refractivity contribution in [2.45, 2.75) is 81.5 Å². The van der Waals surface area contributed by atoms with Gasteiger partial charge in [0.05, 0.1) is 46.7 Å². The monoisotopic (exact) mass is 716 g/mol. The van der Waals surface area contributed by atoms with Crippen molar-refractivity contribution in [2.75, 3.05) is 11.4 Å². The predicted molar refractivity (Wildman–Crippen MR) is 197 cm³/mol. The number of halogens is 1. The fourth-order valence-electron chi connectivity index (χ4n) is 8.48. The molecule has 6 aliphatic rings. The average molecular weight is 717 g/mol. The van der Waals surface area contributed by atoms with Gasteiger partial charge in [-0.2, -0.15) is 9.69 Å². The van der Waals surface area contributed by atoms with E-state index in [0.29, 0.717) is 29.9 Å².